The van der Waals surface area contributed by atoms with Crippen LogP contribution < -0.4 is 10.9 Å². The molecule has 1 unspecified atom stereocenters. The van der Waals surface area contributed by atoms with E-state index < -0.39 is 24.1 Å². The molecule has 0 aliphatic carbocycles. The SMILES string of the molecule is N#CC(CO)NC(=O)c1cc(-c2ccc(Cl)cc2)nn(-c2cccnc2)c1=O. The van der Waals surface area contributed by atoms with Gasteiger partial charge < -0.3 is 10.4 Å². The lowest BCUT2D eigenvalue weighted by atomic mass is 10.1. The highest BCUT2D eigenvalue weighted by Gasteiger charge is 2.20. The van der Waals surface area contributed by atoms with Crippen molar-refractivity contribution in [1.82, 2.24) is 20.1 Å². The van der Waals surface area contributed by atoms with Crippen molar-refractivity contribution in [1.29, 1.82) is 5.26 Å². The smallest absolute Gasteiger partial charge is 0.284 e. The number of carbonyl (C=O) groups excluding carboxylic acids is 1. The van der Waals surface area contributed by atoms with E-state index in [-0.39, 0.29) is 5.56 Å². The first-order chi connectivity index (χ1) is 13.5. The van der Waals surface area contributed by atoms with Gasteiger partial charge >= 0.3 is 0 Å². The topological polar surface area (TPSA) is 121 Å². The first-order valence-corrected chi connectivity index (χ1v) is 8.53. The average molecular weight is 396 g/mol. The number of amides is 1. The number of benzene rings is 1. The molecular formula is C19H14ClN5O3. The van der Waals surface area contributed by atoms with Gasteiger partial charge in [-0.2, -0.15) is 15.0 Å². The van der Waals surface area contributed by atoms with E-state index >= 15 is 0 Å². The molecule has 0 saturated heterocycles. The van der Waals surface area contributed by atoms with Crippen LogP contribution >= 0.6 is 11.6 Å². The van der Waals surface area contributed by atoms with Crippen LogP contribution in [0.1, 0.15) is 10.4 Å². The minimum absolute atomic E-state index is 0.225. The van der Waals surface area contributed by atoms with E-state index in [0.29, 0.717) is 22.0 Å². The molecule has 140 valence electrons. The van der Waals surface area contributed by atoms with Gasteiger partial charge in [0, 0.05) is 16.8 Å². The normalized spacial score (nSPS) is 11.5. The number of carbonyl (C=O) groups is 1. The molecule has 0 saturated carbocycles. The monoisotopic (exact) mass is 395 g/mol. The fourth-order valence-electron chi connectivity index (χ4n) is 2.43. The van der Waals surface area contributed by atoms with Gasteiger partial charge in [-0.1, -0.05) is 23.7 Å². The van der Waals surface area contributed by atoms with Crippen LogP contribution in [0.4, 0.5) is 0 Å². The third kappa shape index (κ3) is 4.06. The minimum atomic E-state index is -1.13. The number of aliphatic hydroxyl groups excluding tert-OH is 1. The Morgan fingerprint density at radius 2 is 2.07 bits per heavy atom. The van der Waals surface area contributed by atoms with Crippen molar-refractivity contribution in [3.8, 4) is 23.0 Å². The van der Waals surface area contributed by atoms with Gasteiger partial charge in [-0.15, -0.1) is 0 Å². The maximum atomic E-state index is 12.9. The van der Waals surface area contributed by atoms with Crippen molar-refractivity contribution in [3.05, 3.63) is 75.8 Å². The molecule has 0 aliphatic rings. The highest BCUT2D eigenvalue weighted by molar-refractivity contribution is 6.30. The van der Waals surface area contributed by atoms with Gasteiger partial charge in [-0.3, -0.25) is 14.6 Å². The summed E-state index contributed by atoms with van der Waals surface area (Å²) in [6, 6.07) is 11.9. The van der Waals surface area contributed by atoms with Crippen molar-refractivity contribution >= 4 is 17.5 Å². The maximum Gasteiger partial charge on any atom is 0.284 e. The van der Waals surface area contributed by atoms with Crippen LogP contribution in [0.2, 0.25) is 5.02 Å². The summed E-state index contributed by atoms with van der Waals surface area (Å²) in [4.78, 5) is 29.4. The zero-order valence-electron chi connectivity index (χ0n) is 14.4. The summed E-state index contributed by atoms with van der Waals surface area (Å²) in [5, 5.41) is 25.2. The molecule has 0 fully saturated rings. The van der Waals surface area contributed by atoms with Crippen molar-refractivity contribution in [2.45, 2.75) is 6.04 Å². The molecule has 0 spiro atoms. The molecule has 1 aromatic carbocycles. The highest BCUT2D eigenvalue weighted by atomic mass is 35.5. The number of hydrogen-bond donors (Lipinski definition) is 2. The summed E-state index contributed by atoms with van der Waals surface area (Å²) < 4.78 is 1.06. The van der Waals surface area contributed by atoms with Crippen LogP contribution in [0.15, 0.2) is 59.7 Å². The van der Waals surface area contributed by atoms with Crippen LogP contribution in [-0.4, -0.2) is 38.4 Å². The predicted molar refractivity (Wildman–Crippen MR) is 102 cm³/mol. The fraction of sp³-hybridized carbons (Fsp3) is 0.105. The average Bonchev–Trinajstić information content (AvgIpc) is 2.73. The van der Waals surface area contributed by atoms with Crippen LogP contribution in [0.5, 0.6) is 0 Å². The van der Waals surface area contributed by atoms with Gasteiger partial charge in [0.1, 0.15) is 11.6 Å². The summed E-state index contributed by atoms with van der Waals surface area (Å²) in [5.74, 6) is -0.791. The number of aromatic nitrogens is 3. The molecule has 2 aromatic heterocycles. The first kappa shape index (κ1) is 19.2. The van der Waals surface area contributed by atoms with Gasteiger partial charge in [0.2, 0.25) is 0 Å². The van der Waals surface area contributed by atoms with Crippen LogP contribution in [0, 0.1) is 11.3 Å². The van der Waals surface area contributed by atoms with E-state index in [2.05, 4.69) is 15.4 Å². The molecule has 0 bridgehead atoms. The van der Waals surface area contributed by atoms with E-state index in [1.807, 2.05) is 0 Å². The second-order valence-electron chi connectivity index (χ2n) is 5.72. The van der Waals surface area contributed by atoms with Crippen molar-refractivity contribution in [2.75, 3.05) is 6.61 Å². The quantitative estimate of drug-likeness (QED) is 0.676. The second kappa shape index (κ2) is 8.43. The standard InChI is InChI=1S/C19H14ClN5O3/c20-13-5-3-12(4-6-13)17-8-16(18(27)23-14(9-21)11-26)19(28)25(24-17)15-2-1-7-22-10-15/h1-8,10,14,26H,11H2,(H,23,27). The van der Waals surface area contributed by atoms with E-state index in [0.717, 1.165) is 4.68 Å². The zero-order valence-corrected chi connectivity index (χ0v) is 15.2. The third-order valence-corrected chi connectivity index (χ3v) is 4.08. The molecule has 1 amide bonds. The summed E-state index contributed by atoms with van der Waals surface area (Å²) in [7, 11) is 0. The summed E-state index contributed by atoms with van der Waals surface area (Å²) in [6.45, 7) is -0.575. The van der Waals surface area contributed by atoms with Gasteiger partial charge in [0.05, 0.1) is 30.3 Å². The van der Waals surface area contributed by atoms with Gasteiger partial charge in [-0.25, -0.2) is 0 Å². The van der Waals surface area contributed by atoms with Crippen LogP contribution in [-0.2, 0) is 0 Å². The first-order valence-electron chi connectivity index (χ1n) is 8.15. The number of rotatable bonds is 5. The Morgan fingerprint density at radius 3 is 2.68 bits per heavy atom. The molecule has 0 aliphatic heterocycles. The summed E-state index contributed by atoms with van der Waals surface area (Å²) in [6.07, 6.45) is 2.98. The number of aliphatic hydroxyl groups is 1. The zero-order chi connectivity index (χ0) is 20.1. The van der Waals surface area contributed by atoms with E-state index in [1.54, 1.807) is 48.7 Å². The molecule has 2 N–H and O–H groups in total. The number of nitrogens with zero attached hydrogens (tertiary/aromatic N) is 4. The Morgan fingerprint density at radius 1 is 1.32 bits per heavy atom. The van der Waals surface area contributed by atoms with Crippen molar-refractivity contribution < 1.29 is 9.90 Å². The third-order valence-electron chi connectivity index (χ3n) is 3.83. The van der Waals surface area contributed by atoms with Gasteiger partial charge in [0.15, 0.2) is 0 Å². The molecule has 3 rings (SSSR count). The molecule has 9 heteroatoms. The Kier molecular flexibility index (Phi) is 5.79. The summed E-state index contributed by atoms with van der Waals surface area (Å²) >= 11 is 5.92. The molecule has 0 radical (unpaired) electrons. The predicted octanol–water partition coefficient (Wildman–Crippen LogP) is 1.56. The molecular weight excluding hydrogens is 382 g/mol. The Bertz CT molecular complexity index is 1090. The Labute approximate surface area is 164 Å². The van der Waals surface area contributed by atoms with Crippen molar-refractivity contribution in [3.63, 3.8) is 0 Å². The van der Waals surface area contributed by atoms with Gasteiger partial charge in [-0.05, 0) is 30.3 Å². The highest BCUT2D eigenvalue weighted by Crippen LogP contribution is 2.20. The lowest BCUT2D eigenvalue weighted by Crippen LogP contribution is -2.40. The maximum absolute atomic E-state index is 12.9. The Hall–Kier alpha value is -3.54. The second-order valence-corrected chi connectivity index (χ2v) is 6.15. The number of hydrogen-bond acceptors (Lipinski definition) is 6. The van der Waals surface area contributed by atoms with Crippen LogP contribution in [0.25, 0.3) is 16.9 Å². The van der Waals surface area contributed by atoms with Crippen molar-refractivity contribution in [2.24, 2.45) is 0 Å². The molecule has 28 heavy (non-hydrogen) atoms. The number of pyridine rings is 1. The minimum Gasteiger partial charge on any atom is -0.393 e. The molecule has 1 atom stereocenters. The number of halogens is 1. The van der Waals surface area contributed by atoms with Crippen LogP contribution in [0.3, 0.4) is 0 Å². The molecule has 2 heterocycles. The van der Waals surface area contributed by atoms with E-state index in [1.165, 1.54) is 12.3 Å². The molecule has 8 nitrogen and oxygen atoms in total. The Balaban J connectivity index is 2.17. The lowest BCUT2D eigenvalue weighted by molar-refractivity contribution is 0.0929. The number of nitriles is 1. The van der Waals surface area contributed by atoms with E-state index in [9.17, 15) is 9.59 Å². The largest absolute Gasteiger partial charge is 0.393 e. The number of nitrogens with one attached hydrogen (secondary N) is 1. The lowest BCUT2D eigenvalue weighted by Gasteiger charge is -2.12. The fourth-order valence-corrected chi connectivity index (χ4v) is 2.55. The summed E-state index contributed by atoms with van der Waals surface area (Å²) in [5.41, 5.74) is 0.449. The van der Waals surface area contributed by atoms with Gasteiger partial charge in [0.25, 0.3) is 11.5 Å². The molecule has 3 aromatic rings. The van der Waals surface area contributed by atoms with E-state index in [4.69, 9.17) is 22.0 Å².